The van der Waals surface area contributed by atoms with Crippen molar-refractivity contribution in [2.75, 3.05) is 0 Å². The average molecular weight is 335 g/mol. The first kappa shape index (κ1) is 16.1. The summed E-state index contributed by atoms with van der Waals surface area (Å²) in [4.78, 5) is 24.6. The van der Waals surface area contributed by atoms with E-state index >= 15 is 0 Å². The standard InChI is InChI=1S/C18H19ClO4/c1-11-7-3-4-8-13(11)14-15(22-16(20)12(2)19)18(23-17(14)21)9-5-6-10-18/h3-4,7-8,12H,5-6,9-10H2,1-2H3. The fourth-order valence-corrected chi connectivity index (χ4v) is 3.33. The lowest BCUT2D eigenvalue weighted by atomic mass is 9.93. The van der Waals surface area contributed by atoms with Crippen molar-refractivity contribution in [2.45, 2.75) is 50.5 Å². The molecule has 0 amide bonds. The van der Waals surface area contributed by atoms with Gasteiger partial charge in [0.1, 0.15) is 11.0 Å². The average Bonchev–Trinajstić information content (AvgIpc) is 3.06. The molecule has 1 aliphatic carbocycles. The van der Waals surface area contributed by atoms with Crippen LogP contribution in [0.3, 0.4) is 0 Å². The maximum absolute atomic E-state index is 12.5. The third-order valence-electron chi connectivity index (χ3n) is 4.49. The summed E-state index contributed by atoms with van der Waals surface area (Å²) in [7, 11) is 0. The van der Waals surface area contributed by atoms with Crippen LogP contribution in [0.25, 0.3) is 5.57 Å². The molecule has 0 radical (unpaired) electrons. The molecule has 1 spiro atoms. The van der Waals surface area contributed by atoms with Crippen molar-refractivity contribution in [2.24, 2.45) is 0 Å². The molecule has 0 saturated heterocycles. The Morgan fingerprint density at radius 1 is 1.30 bits per heavy atom. The minimum absolute atomic E-state index is 0.340. The van der Waals surface area contributed by atoms with Gasteiger partial charge < -0.3 is 9.47 Å². The van der Waals surface area contributed by atoms with Gasteiger partial charge in [-0.2, -0.15) is 0 Å². The third kappa shape index (κ3) is 2.76. The predicted octanol–water partition coefficient (Wildman–Crippen LogP) is 3.75. The fourth-order valence-electron chi connectivity index (χ4n) is 3.28. The zero-order chi connectivity index (χ0) is 16.6. The van der Waals surface area contributed by atoms with E-state index in [1.807, 2.05) is 31.2 Å². The van der Waals surface area contributed by atoms with Crippen LogP contribution in [0.5, 0.6) is 0 Å². The van der Waals surface area contributed by atoms with Gasteiger partial charge in [-0.1, -0.05) is 24.3 Å². The van der Waals surface area contributed by atoms with Crippen molar-refractivity contribution in [3.8, 4) is 0 Å². The Morgan fingerprint density at radius 2 is 1.96 bits per heavy atom. The summed E-state index contributed by atoms with van der Waals surface area (Å²) in [5.41, 5.74) is 1.22. The number of aryl methyl sites for hydroxylation is 1. The largest absolute Gasteiger partial charge is 0.447 e. The van der Waals surface area contributed by atoms with Crippen molar-refractivity contribution < 1.29 is 19.1 Å². The first-order chi connectivity index (χ1) is 10.9. The molecule has 1 aromatic carbocycles. The quantitative estimate of drug-likeness (QED) is 0.624. The first-order valence-electron chi connectivity index (χ1n) is 7.84. The molecular weight excluding hydrogens is 316 g/mol. The number of benzene rings is 1. The minimum atomic E-state index is -0.809. The molecule has 5 heteroatoms. The van der Waals surface area contributed by atoms with Gasteiger partial charge in [0, 0.05) is 0 Å². The lowest BCUT2D eigenvalue weighted by molar-refractivity contribution is -0.152. The molecule has 23 heavy (non-hydrogen) atoms. The van der Waals surface area contributed by atoms with Crippen LogP contribution in [0.1, 0.15) is 43.7 Å². The van der Waals surface area contributed by atoms with Gasteiger partial charge in [-0.25, -0.2) is 4.79 Å². The molecule has 0 aromatic heterocycles. The van der Waals surface area contributed by atoms with Crippen molar-refractivity contribution in [1.29, 1.82) is 0 Å². The smallest absolute Gasteiger partial charge is 0.343 e. The summed E-state index contributed by atoms with van der Waals surface area (Å²) in [5, 5.41) is -0.783. The normalized spacial score (nSPS) is 20.7. The number of rotatable bonds is 3. The number of esters is 2. The van der Waals surface area contributed by atoms with Crippen LogP contribution in [0, 0.1) is 6.92 Å². The van der Waals surface area contributed by atoms with E-state index in [0.717, 1.165) is 24.0 Å². The highest BCUT2D eigenvalue weighted by molar-refractivity contribution is 6.30. The van der Waals surface area contributed by atoms with Gasteiger partial charge in [-0.05, 0) is 50.7 Å². The Balaban J connectivity index is 2.14. The van der Waals surface area contributed by atoms with E-state index in [0.29, 0.717) is 24.2 Å². The molecule has 2 aliphatic rings. The van der Waals surface area contributed by atoms with E-state index in [2.05, 4.69) is 0 Å². The van der Waals surface area contributed by atoms with Gasteiger partial charge in [0.25, 0.3) is 0 Å². The lowest BCUT2D eigenvalue weighted by Gasteiger charge is -2.25. The molecule has 1 aliphatic heterocycles. The number of halogens is 1. The second-order valence-electron chi connectivity index (χ2n) is 6.15. The fraction of sp³-hybridized carbons (Fsp3) is 0.444. The Bertz CT molecular complexity index is 684. The highest BCUT2D eigenvalue weighted by Gasteiger charge is 2.52. The second kappa shape index (κ2) is 6.00. The summed E-state index contributed by atoms with van der Waals surface area (Å²) < 4.78 is 11.3. The molecule has 1 heterocycles. The topological polar surface area (TPSA) is 52.6 Å². The Kier molecular flexibility index (Phi) is 4.19. The number of ether oxygens (including phenoxy) is 2. The van der Waals surface area contributed by atoms with E-state index in [9.17, 15) is 9.59 Å². The predicted molar refractivity (Wildman–Crippen MR) is 86.8 cm³/mol. The van der Waals surface area contributed by atoms with E-state index in [4.69, 9.17) is 21.1 Å². The summed E-state index contributed by atoms with van der Waals surface area (Å²) in [6, 6.07) is 7.51. The van der Waals surface area contributed by atoms with Crippen LogP contribution in [0.15, 0.2) is 30.0 Å². The Labute approximate surface area is 140 Å². The molecule has 1 saturated carbocycles. The van der Waals surface area contributed by atoms with Crippen molar-refractivity contribution in [3.05, 3.63) is 41.2 Å². The van der Waals surface area contributed by atoms with E-state index < -0.39 is 22.9 Å². The van der Waals surface area contributed by atoms with E-state index in [-0.39, 0.29) is 0 Å². The van der Waals surface area contributed by atoms with Crippen LogP contribution >= 0.6 is 11.6 Å². The number of alkyl halides is 1. The minimum Gasteiger partial charge on any atom is -0.447 e. The SMILES string of the molecule is Cc1ccccc1C1=C(OC(=O)C(C)Cl)C2(CCCC2)OC1=O. The van der Waals surface area contributed by atoms with E-state index in [1.54, 1.807) is 6.92 Å². The monoisotopic (exact) mass is 334 g/mol. The molecular formula is C18H19ClO4. The summed E-state index contributed by atoms with van der Waals surface area (Å²) in [6.07, 6.45) is 3.22. The number of carbonyl (C=O) groups excluding carboxylic acids is 2. The summed E-state index contributed by atoms with van der Waals surface area (Å²) in [6.45, 7) is 3.47. The Hall–Kier alpha value is -1.81. The maximum Gasteiger partial charge on any atom is 0.343 e. The number of hydrogen-bond acceptors (Lipinski definition) is 4. The van der Waals surface area contributed by atoms with Crippen LogP contribution in [0.4, 0.5) is 0 Å². The van der Waals surface area contributed by atoms with Gasteiger partial charge in [-0.3, -0.25) is 4.79 Å². The molecule has 0 bridgehead atoms. The molecule has 0 N–H and O–H groups in total. The molecule has 3 rings (SSSR count). The zero-order valence-electron chi connectivity index (χ0n) is 13.2. The summed E-state index contributed by atoms with van der Waals surface area (Å²) >= 11 is 5.84. The van der Waals surface area contributed by atoms with Crippen LogP contribution < -0.4 is 0 Å². The van der Waals surface area contributed by atoms with Gasteiger partial charge in [0.15, 0.2) is 11.4 Å². The first-order valence-corrected chi connectivity index (χ1v) is 8.28. The van der Waals surface area contributed by atoms with Gasteiger partial charge in [-0.15, -0.1) is 11.6 Å². The van der Waals surface area contributed by atoms with Crippen LogP contribution in [0.2, 0.25) is 0 Å². The third-order valence-corrected chi connectivity index (χ3v) is 4.66. The molecule has 4 nitrogen and oxygen atoms in total. The van der Waals surface area contributed by atoms with Crippen LogP contribution in [-0.2, 0) is 19.1 Å². The molecule has 1 unspecified atom stereocenters. The zero-order valence-corrected chi connectivity index (χ0v) is 14.0. The molecule has 1 fully saturated rings. The van der Waals surface area contributed by atoms with Crippen LogP contribution in [-0.4, -0.2) is 22.9 Å². The van der Waals surface area contributed by atoms with Crippen molar-refractivity contribution >= 4 is 29.1 Å². The summed E-state index contributed by atoms with van der Waals surface area (Å²) in [5.74, 6) is -0.643. The van der Waals surface area contributed by atoms with E-state index in [1.165, 1.54) is 0 Å². The van der Waals surface area contributed by atoms with Crippen molar-refractivity contribution in [3.63, 3.8) is 0 Å². The molecule has 122 valence electrons. The maximum atomic E-state index is 12.5. The van der Waals surface area contributed by atoms with Crippen molar-refractivity contribution in [1.82, 2.24) is 0 Å². The number of carbonyl (C=O) groups is 2. The number of hydrogen-bond donors (Lipinski definition) is 0. The Morgan fingerprint density at radius 3 is 2.57 bits per heavy atom. The molecule has 1 aromatic rings. The highest BCUT2D eigenvalue weighted by atomic mass is 35.5. The van der Waals surface area contributed by atoms with Gasteiger partial charge in [0.2, 0.25) is 0 Å². The lowest BCUT2D eigenvalue weighted by Crippen LogP contribution is -2.31. The van der Waals surface area contributed by atoms with Gasteiger partial charge in [0.05, 0.1) is 0 Å². The second-order valence-corrected chi connectivity index (χ2v) is 6.80. The van der Waals surface area contributed by atoms with Gasteiger partial charge >= 0.3 is 11.9 Å². The molecule has 1 atom stereocenters. The highest BCUT2D eigenvalue weighted by Crippen LogP contribution is 2.48.